The van der Waals surface area contributed by atoms with Crippen molar-refractivity contribution in [3.05, 3.63) is 60.3 Å². The van der Waals surface area contributed by atoms with Crippen molar-refractivity contribution < 1.29 is 0 Å². The van der Waals surface area contributed by atoms with Crippen molar-refractivity contribution in [2.45, 2.75) is 71.4 Å². The third kappa shape index (κ3) is 10.3. The molecule has 0 heterocycles. The van der Waals surface area contributed by atoms with Crippen LogP contribution in [0.15, 0.2) is 49.2 Å². The summed E-state index contributed by atoms with van der Waals surface area (Å²) in [6, 6.07) is 6.76. The fraction of sp³-hybridized carbons (Fsp3) is 0.556. The second-order valence-electron chi connectivity index (χ2n) is 8.57. The Kier molecular flexibility index (Phi) is 13.9. The predicted molar refractivity (Wildman–Crippen MR) is 139 cm³/mol. The SMILES string of the molecule is C=Cc1cccc(NC(=C)CCCCCNCCCN)c1CN(C)C(CCC)C(=C)C. The Bertz CT molecular complexity index is 680. The van der Waals surface area contributed by atoms with E-state index in [9.17, 15) is 0 Å². The molecule has 0 aliphatic carbocycles. The molecule has 0 spiro atoms. The molecule has 0 saturated heterocycles. The molecular weight excluding hydrogens is 380 g/mol. The summed E-state index contributed by atoms with van der Waals surface area (Å²) in [7, 11) is 2.19. The highest BCUT2D eigenvalue weighted by Gasteiger charge is 2.17. The fourth-order valence-electron chi connectivity index (χ4n) is 3.94. The standard InChI is InChI=1S/C27H46N4/c1-7-14-27(22(3)4)31(6)21-25-24(8-2)16-12-17-26(25)30-23(5)15-10-9-11-19-29-20-13-18-28/h8,12,16-17,27,29-30H,2-3,5,7,9-11,13-15,18-21,28H2,1,4,6H3. The van der Waals surface area contributed by atoms with Crippen LogP contribution >= 0.6 is 0 Å². The molecule has 0 fully saturated rings. The van der Waals surface area contributed by atoms with E-state index in [0.29, 0.717) is 6.04 Å². The molecule has 0 radical (unpaired) electrons. The van der Waals surface area contributed by atoms with Crippen LogP contribution in [0.4, 0.5) is 5.69 Å². The van der Waals surface area contributed by atoms with E-state index in [4.69, 9.17) is 5.73 Å². The van der Waals surface area contributed by atoms with Crippen LogP contribution in [0.2, 0.25) is 0 Å². The molecule has 1 atom stereocenters. The molecule has 0 aliphatic heterocycles. The fourth-order valence-corrected chi connectivity index (χ4v) is 3.94. The van der Waals surface area contributed by atoms with E-state index in [2.05, 4.69) is 74.4 Å². The number of hydrogen-bond donors (Lipinski definition) is 3. The van der Waals surface area contributed by atoms with E-state index >= 15 is 0 Å². The van der Waals surface area contributed by atoms with Crippen LogP contribution in [0, 0.1) is 0 Å². The number of nitrogens with two attached hydrogens (primary N) is 1. The molecule has 0 aliphatic rings. The van der Waals surface area contributed by atoms with E-state index < -0.39 is 0 Å². The van der Waals surface area contributed by atoms with Crippen molar-refractivity contribution >= 4 is 11.8 Å². The minimum atomic E-state index is 0.386. The molecule has 31 heavy (non-hydrogen) atoms. The van der Waals surface area contributed by atoms with Gasteiger partial charge in [0, 0.05) is 24.0 Å². The molecular formula is C27H46N4. The number of nitrogens with zero attached hydrogens (tertiary/aromatic N) is 1. The van der Waals surface area contributed by atoms with E-state index in [1.54, 1.807) is 0 Å². The van der Waals surface area contributed by atoms with Gasteiger partial charge < -0.3 is 16.4 Å². The largest absolute Gasteiger partial charge is 0.359 e. The van der Waals surface area contributed by atoms with E-state index in [1.165, 1.54) is 29.5 Å². The molecule has 0 aromatic heterocycles. The molecule has 4 heteroatoms. The van der Waals surface area contributed by atoms with Gasteiger partial charge in [-0.3, -0.25) is 4.90 Å². The lowest BCUT2D eigenvalue weighted by Gasteiger charge is -2.30. The van der Waals surface area contributed by atoms with Gasteiger partial charge >= 0.3 is 0 Å². The number of anilines is 1. The van der Waals surface area contributed by atoms with E-state index in [1.807, 2.05) is 6.08 Å². The maximum Gasteiger partial charge on any atom is 0.0433 e. The van der Waals surface area contributed by atoms with Crippen LogP contribution < -0.4 is 16.4 Å². The zero-order valence-electron chi connectivity index (χ0n) is 20.3. The Balaban J connectivity index is 2.66. The molecule has 1 unspecified atom stereocenters. The highest BCUT2D eigenvalue weighted by Crippen LogP contribution is 2.27. The summed E-state index contributed by atoms with van der Waals surface area (Å²) in [5.41, 5.74) is 11.4. The van der Waals surface area contributed by atoms with Gasteiger partial charge in [-0.05, 0) is 82.9 Å². The Morgan fingerprint density at radius 3 is 2.55 bits per heavy atom. The minimum absolute atomic E-state index is 0.386. The first kappa shape index (κ1) is 27.2. The van der Waals surface area contributed by atoms with Gasteiger partial charge in [0.15, 0.2) is 0 Å². The Labute approximate surface area is 191 Å². The summed E-state index contributed by atoms with van der Waals surface area (Å²) < 4.78 is 0. The van der Waals surface area contributed by atoms with Crippen molar-refractivity contribution in [1.82, 2.24) is 10.2 Å². The van der Waals surface area contributed by atoms with Crippen LogP contribution in [0.3, 0.4) is 0 Å². The number of benzene rings is 1. The molecule has 4 nitrogen and oxygen atoms in total. The lowest BCUT2D eigenvalue weighted by atomic mass is 10.00. The zero-order valence-corrected chi connectivity index (χ0v) is 20.3. The number of allylic oxidation sites excluding steroid dienone is 1. The number of nitrogens with one attached hydrogen (secondary N) is 2. The van der Waals surface area contributed by atoms with Gasteiger partial charge in [0.1, 0.15) is 0 Å². The van der Waals surface area contributed by atoms with E-state index in [0.717, 1.165) is 69.7 Å². The van der Waals surface area contributed by atoms with Crippen LogP contribution in [0.1, 0.15) is 69.9 Å². The second kappa shape index (κ2) is 15.9. The maximum absolute atomic E-state index is 5.52. The predicted octanol–water partition coefficient (Wildman–Crippen LogP) is 5.93. The highest BCUT2D eigenvalue weighted by atomic mass is 15.1. The lowest BCUT2D eigenvalue weighted by Crippen LogP contribution is -2.32. The summed E-state index contributed by atoms with van der Waals surface area (Å²) in [6.45, 7) is 20.6. The first-order valence-corrected chi connectivity index (χ1v) is 11.9. The van der Waals surface area contributed by atoms with E-state index in [-0.39, 0.29) is 0 Å². The monoisotopic (exact) mass is 426 g/mol. The van der Waals surface area contributed by atoms with Crippen molar-refractivity contribution in [1.29, 1.82) is 0 Å². The average molecular weight is 427 g/mol. The van der Waals surface area contributed by atoms with Gasteiger partial charge in [0.2, 0.25) is 0 Å². The summed E-state index contributed by atoms with van der Waals surface area (Å²) in [4.78, 5) is 2.40. The Morgan fingerprint density at radius 2 is 1.90 bits per heavy atom. The topological polar surface area (TPSA) is 53.3 Å². The van der Waals surface area contributed by atoms with Crippen LogP contribution in [-0.4, -0.2) is 37.6 Å². The van der Waals surface area contributed by atoms with Gasteiger partial charge in [-0.1, -0.05) is 63.3 Å². The van der Waals surface area contributed by atoms with Crippen molar-refractivity contribution in [2.24, 2.45) is 5.73 Å². The average Bonchev–Trinajstić information content (AvgIpc) is 2.74. The normalized spacial score (nSPS) is 12.0. The number of hydrogen-bond acceptors (Lipinski definition) is 4. The summed E-state index contributed by atoms with van der Waals surface area (Å²) >= 11 is 0. The summed E-state index contributed by atoms with van der Waals surface area (Å²) in [5.74, 6) is 0. The van der Waals surface area contributed by atoms with Crippen molar-refractivity contribution in [2.75, 3.05) is 32.0 Å². The molecule has 1 aromatic rings. The van der Waals surface area contributed by atoms with Gasteiger partial charge in [0.05, 0.1) is 0 Å². The summed E-state index contributed by atoms with van der Waals surface area (Å²) in [6.07, 6.45) is 9.80. The Morgan fingerprint density at radius 1 is 1.16 bits per heavy atom. The van der Waals surface area contributed by atoms with Crippen LogP contribution in [0.5, 0.6) is 0 Å². The van der Waals surface area contributed by atoms with Crippen LogP contribution in [0.25, 0.3) is 6.08 Å². The Hall–Kier alpha value is -1.88. The molecule has 4 N–H and O–H groups in total. The smallest absolute Gasteiger partial charge is 0.0433 e. The van der Waals surface area contributed by atoms with Crippen molar-refractivity contribution in [3.63, 3.8) is 0 Å². The molecule has 1 rings (SSSR count). The van der Waals surface area contributed by atoms with Gasteiger partial charge in [-0.25, -0.2) is 0 Å². The highest BCUT2D eigenvalue weighted by molar-refractivity contribution is 5.65. The van der Waals surface area contributed by atoms with Crippen LogP contribution in [-0.2, 0) is 6.54 Å². The number of rotatable bonds is 18. The molecule has 0 bridgehead atoms. The van der Waals surface area contributed by atoms with Gasteiger partial charge in [0.25, 0.3) is 0 Å². The molecule has 0 saturated carbocycles. The zero-order chi connectivity index (χ0) is 23.1. The first-order chi connectivity index (χ1) is 14.9. The minimum Gasteiger partial charge on any atom is -0.359 e. The number of likely N-dealkylation sites (N-methyl/N-ethyl adjacent to an activating group) is 1. The number of unbranched alkanes of at least 4 members (excludes halogenated alkanes) is 2. The van der Waals surface area contributed by atoms with Gasteiger partial charge in [-0.15, -0.1) is 0 Å². The maximum atomic E-state index is 5.52. The molecule has 1 aromatic carbocycles. The quantitative estimate of drug-likeness (QED) is 0.201. The first-order valence-electron chi connectivity index (χ1n) is 11.9. The second-order valence-corrected chi connectivity index (χ2v) is 8.57. The van der Waals surface area contributed by atoms with Crippen molar-refractivity contribution in [3.8, 4) is 0 Å². The molecule has 0 amide bonds. The lowest BCUT2D eigenvalue weighted by molar-refractivity contribution is 0.251. The molecule has 174 valence electrons. The third-order valence-electron chi connectivity index (χ3n) is 5.70. The summed E-state index contributed by atoms with van der Waals surface area (Å²) in [5, 5.41) is 7.03. The third-order valence-corrected chi connectivity index (χ3v) is 5.70. The van der Waals surface area contributed by atoms with Gasteiger partial charge in [-0.2, -0.15) is 0 Å².